The number of fused-ring (bicyclic) bond motifs is 1. The molecule has 0 aliphatic heterocycles. The second-order valence-electron chi connectivity index (χ2n) is 4.86. The van der Waals surface area contributed by atoms with Gasteiger partial charge in [-0.3, -0.25) is 4.79 Å². The van der Waals surface area contributed by atoms with E-state index in [2.05, 4.69) is 0 Å². The summed E-state index contributed by atoms with van der Waals surface area (Å²) in [6.07, 6.45) is 1.47. The number of ketones is 1. The van der Waals surface area contributed by atoms with Gasteiger partial charge in [-0.05, 0) is 36.1 Å². The van der Waals surface area contributed by atoms with E-state index in [1.807, 2.05) is 36.4 Å². The van der Waals surface area contributed by atoms with Gasteiger partial charge >= 0.3 is 0 Å². The molecule has 0 amide bonds. The predicted molar refractivity (Wildman–Crippen MR) is 78.1 cm³/mol. The Kier molecular flexibility index (Phi) is 3.34. The molecule has 1 aliphatic rings. The molecule has 3 rings (SSSR count). The van der Waals surface area contributed by atoms with Crippen molar-refractivity contribution in [1.82, 2.24) is 0 Å². The smallest absolute Gasteiger partial charge is 0.166 e. The quantitative estimate of drug-likeness (QED) is 0.790. The minimum absolute atomic E-state index is 0.00363. The van der Waals surface area contributed by atoms with Crippen molar-refractivity contribution in [2.24, 2.45) is 5.92 Å². The van der Waals surface area contributed by atoms with Crippen LogP contribution in [0.25, 0.3) is 0 Å². The van der Waals surface area contributed by atoms with Gasteiger partial charge in [0.25, 0.3) is 0 Å². The van der Waals surface area contributed by atoms with E-state index in [0.717, 1.165) is 23.1 Å². The van der Waals surface area contributed by atoms with Crippen molar-refractivity contribution in [2.45, 2.75) is 12.8 Å². The molecule has 0 saturated heterocycles. The standard InChI is InChI=1S/C16H12Cl2O/c17-13-6-5-11(15(18)9-13)8-12-7-10-3-1-2-4-14(10)16(12)19/h1-6,9,12H,7-8H2. The molecule has 2 aromatic carbocycles. The van der Waals surface area contributed by atoms with Crippen LogP contribution >= 0.6 is 23.2 Å². The second kappa shape index (κ2) is 4.99. The lowest BCUT2D eigenvalue weighted by Gasteiger charge is -2.09. The number of carbonyl (C=O) groups is 1. The predicted octanol–water partition coefficient (Wildman–Crippen LogP) is 4.59. The Hall–Kier alpha value is -1.31. The van der Waals surface area contributed by atoms with Crippen LogP contribution in [-0.4, -0.2) is 5.78 Å². The molecule has 0 bridgehead atoms. The molecular formula is C16H12Cl2O. The third-order valence-electron chi connectivity index (χ3n) is 3.60. The summed E-state index contributed by atoms with van der Waals surface area (Å²) < 4.78 is 0. The summed E-state index contributed by atoms with van der Waals surface area (Å²) >= 11 is 12.1. The Morgan fingerprint density at radius 3 is 2.63 bits per heavy atom. The fourth-order valence-electron chi connectivity index (χ4n) is 2.63. The van der Waals surface area contributed by atoms with E-state index in [1.165, 1.54) is 0 Å². The Bertz CT molecular complexity index is 649. The fraction of sp³-hybridized carbons (Fsp3) is 0.188. The monoisotopic (exact) mass is 290 g/mol. The van der Waals surface area contributed by atoms with Crippen LogP contribution in [0.4, 0.5) is 0 Å². The average Bonchev–Trinajstić information content (AvgIpc) is 2.70. The zero-order valence-corrected chi connectivity index (χ0v) is 11.7. The Labute approximate surface area is 122 Å². The summed E-state index contributed by atoms with van der Waals surface area (Å²) in [5.41, 5.74) is 2.98. The Balaban J connectivity index is 1.85. The van der Waals surface area contributed by atoms with E-state index < -0.39 is 0 Å². The normalized spacial score (nSPS) is 17.6. The summed E-state index contributed by atoms with van der Waals surface area (Å²) in [5, 5.41) is 1.26. The number of rotatable bonds is 2. The number of benzene rings is 2. The van der Waals surface area contributed by atoms with Crippen molar-refractivity contribution in [3.8, 4) is 0 Å². The summed E-state index contributed by atoms with van der Waals surface area (Å²) in [4.78, 5) is 12.3. The highest BCUT2D eigenvalue weighted by atomic mass is 35.5. The number of halogens is 2. The lowest BCUT2D eigenvalue weighted by atomic mass is 9.96. The van der Waals surface area contributed by atoms with Gasteiger partial charge in [0.1, 0.15) is 0 Å². The zero-order chi connectivity index (χ0) is 13.4. The lowest BCUT2D eigenvalue weighted by molar-refractivity contribution is 0.0936. The fourth-order valence-corrected chi connectivity index (χ4v) is 3.12. The number of hydrogen-bond donors (Lipinski definition) is 0. The molecule has 0 saturated carbocycles. The molecule has 0 N–H and O–H groups in total. The first-order valence-electron chi connectivity index (χ1n) is 6.21. The van der Waals surface area contributed by atoms with Gasteiger partial charge in [-0.25, -0.2) is 0 Å². The van der Waals surface area contributed by atoms with Gasteiger partial charge in [0.2, 0.25) is 0 Å². The molecule has 2 aromatic rings. The van der Waals surface area contributed by atoms with E-state index in [1.54, 1.807) is 6.07 Å². The number of Topliss-reactive ketones (excluding diaryl/α,β-unsaturated/α-hetero) is 1. The van der Waals surface area contributed by atoms with Crippen LogP contribution in [0, 0.1) is 5.92 Å². The molecule has 0 aromatic heterocycles. The molecule has 0 radical (unpaired) electrons. The SMILES string of the molecule is O=C1c2ccccc2CC1Cc1ccc(Cl)cc1Cl. The van der Waals surface area contributed by atoms with Crippen LogP contribution < -0.4 is 0 Å². The van der Waals surface area contributed by atoms with E-state index in [-0.39, 0.29) is 11.7 Å². The minimum Gasteiger partial charge on any atom is -0.294 e. The molecule has 3 heteroatoms. The molecule has 96 valence electrons. The first-order valence-corrected chi connectivity index (χ1v) is 6.97. The first kappa shape index (κ1) is 12.7. The molecule has 1 aliphatic carbocycles. The third-order valence-corrected chi connectivity index (χ3v) is 4.19. The van der Waals surface area contributed by atoms with Crippen LogP contribution in [0.15, 0.2) is 42.5 Å². The van der Waals surface area contributed by atoms with Gasteiger partial charge in [0.15, 0.2) is 5.78 Å². The maximum Gasteiger partial charge on any atom is 0.166 e. The molecule has 0 fully saturated rings. The van der Waals surface area contributed by atoms with Crippen molar-refractivity contribution < 1.29 is 4.79 Å². The summed E-state index contributed by atoms with van der Waals surface area (Å²) in [5.74, 6) is 0.220. The van der Waals surface area contributed by atoms with Crippen LogP contribution in [0.1, 0.15) is 21.5 Å². The molecule has 1 nitrogen and oxygen atoms in total. The summed E-state index contributed by atoms with van der Waals surface area (Å²) in [6, 6.07) is 13.3. The highest BCUT2D eigenvalue weighted by molar-refractivity contribution is 6.35. The Morgan fingerprint density at radius 2 is 1.89 bits per heavy atom. The van der Waals surface area contributed by atoms with Gasteiger partial charge in [-0.2, -0.15) is 0 Å². The summed E-state index contributed by atoms with van der Waals surface area (Å²) in [7, 11) is 0. The minimum atomic E-state index is -0.00363. The largest absolute Gasteiger partial charge is 0.294 e. The van der Waals surface area contributed by atoms with Crippen molar-refractivity contribution in [1.29, 1.82) is 0 Å². The maximum atomic E-state index is 12.3. The van der Waals surface area contributed by atoms with Crippen LogP contribution in [0.3, 0.4) is 0 Å². The molecule has 0 spiro atoms. The van der Waals surface area contributed by atoms with Gasteiger partial charge in [-0.1, -0.05) is 53.5 Å². The Morgan fingerprint density at radius 1 is 1.11 bits per heavy atom. The van der Waals surface area contributed by atoms with Crippen molar-refractivity contribution >= 4 is 29.0 Å². The van der Waals surface area contributed by atoms with Gasteiger partial charge < -0.3 is 0 Å². The van der Waals surface area contributed by atoms with E-state index in [0.29, 0.717) is 16.5 Å². The van der Waals surface area contributed by atoms with Gasteiger partial charge in [-0.15, -0.1) is 0 Å². The second-order valence-corrected chi connectivity index (χ2v) is 5.71. The van der Waals surface area contributed by atoms with Crippen LogP contribution in [-0.2, 0) is 12.8 Å². The number of carbonyl (C=O) groups excluding carboxylic acids is 1. The molecule has 1 unspecified atom stereocenters. The van der Waals surface area contributed by atoms with E-state index >= 15 is 0 Å². The van der Waals surface area contributed by atoms with Gasteiger partial charge in [0, 0.05) is 21.5 Å². The third kappa shape index (κ3) is 2.41. The molecule has 1 atom stereocenters. The number of hydrogen-bond acceptors (Lipinski definition) is 1. The van der Waals surface area contributed by atoms with E-state index in [4.69, 9.17) is 23.2 Å². The lowest BCUT2D eigenvalue weighted by Crippen LogP contribution is -2.12. The van der Waals surface area contributed by atoms with E-state index in [9.17, 15) is 4.79 Å². The highest BCUT2D eigenvalue weighted by Crippen LogP contribution is 2.31. The average molecular weight is 291 g/mol. The van der Waals surface area contributed by atoms with Crippen molar-refractivity contribution in [3.63, 3.8) is 0 Å². The summed E-state index contributed by atoms with van der Waals surface area (Å²) in [6.45, 7) is 0. The van der Waals surface area contributed by atoms with Crippen LogP contribution in [0.2, 0.25) is 10.0 Å². The van der Waals surface area contributed by atoms with Crippen molar-refractivity contribution in [3.05, 3.63) is 69.2 Å². The molecular weight excluding hydrogens is 279 g/mol. The molecule has 0 heterocycles. The van der Waals surface area contributed by atoms with Crippen molar-refractivity contribution in [2.75, 3.05) is 0 Å². The zero-order valence-electron chi connectivity index (χ0n) is 10.2. The topological polar surface area (TPSA) is 17.1 Å². The highest BCUT2D eigenvalue weighted by Gasteiger charge is 2.30. The first-order chi connectivity index (χ1) is 9.15. The molecule has 19 heavy (non-hydrogen) atoms. The van der Waals surface area contributed by atoms with Crippen LogP contribution in [0.5, 0.6) is 0 Å². The maximum absolute atomic E-state index is 12.3. The van der Waals surface area contributed by atoms with Gasteiger partial charge in [0.05, 0.1) is 0 Å².